The number of hydrogen-bond acceptors (Lipinski definition) is 1. The van der Waals surface area contributed by atoms with Crippen LogP contribution in [0.25, 0.3) is 0 Å². The molecule has 2 rings (SSSR count). The monoisotopic (exact) mass is 414 g/mol. The first-order valence-corrected chi connectivity index (χ1v) is 12.6. The molecule has 2 aliphatic rings. The fraction of sp³-hybridized carbons (Fsp3) is 0.690. The Morgan fingerprint density at radius 1 is 1.03 bits per heavy atom. The molecule has 0 spiro atoms. The van der Waals surface area contributed by atoms with Gasteiger partial charge in [0.05, 0.1) is 0 Å². The number of allylic oxidation sites excluding steroid dienone is 7. The van der Waals surface area contributed by atoms with Crippen molar-refractivity contribution in [2.24, 2.45) is 17.8 Å². The van der Waals surface area contributed by atoms with Crippen LogP contribution in [0, 0.1) is 17.8 Å². The third-order valence-corrected chi connectivity index (χ3v) is 6.04. The average Bonchev–Trinajstić information content (AvgIpc) is 3.12. The van der Waals surface area contributed by atoms with Crippen molar-refractivity contribution in [2.75, 3.05) is 0 Å². The molecule has 1 nitrogen and oxygen atoms in total. The number of unbranched alkanes of at least 4 members (excludes halogenated alkanes) is 4. The van der Waals surface area contributed by atoms with Gasteiger partial charge in [0, 0.05) is 6.42 Å². The lowest BCUT2D eigenvalue weighted by molar-refractivity contribution is -0.107. The van der Waals surface area contributed by atoms with Gasteiger partial charge in [0.15, 0.2) is 0 Å². The van der Waals surface area contributed by atoms with Crippen LogP contribution in [0.4, 0.5) is 0 Å². The number of rotatable bonds is 11. The fourth-order valence-electron chi connectivity index (χ4n) is 4.44. The molecule has 0 heterocycles. The van der Waals surface area contributed by atoms with Crippen molar-refractivity contribution in [1.29, 1.82) is 0 Å². The molecule has 0 aromatic heterocycles. The molecule has 2 aliphatic carbocycles. The summed E-state index contributed by atoms with van der Waals surface area (Å²) in [5.41, 5.74) is 1.56. The van der Waals surface area contributed by atoms with Crippen LogP contribution in [0.15, 0.2) is 48.6 Å². The van der Waals surface area contributed by atoms with Crippen molar-refractivity contribution in [3.05, 3.63) is 48.6 Å². The maximum atomic E-state index is 10.1. The Kier molecular flexibility index (Phi) is 19.9. The lowest BCUT2D eigenvalue weighted by atomic mass is 9.91. The van der Waals surface area contributed by atoms with E-state index < -0.39 is 0 Å². The van der Waals surface area contributed by atoms with Gasteiger partial charge < -0.3 is 4.79 Å². The van der Waals surface area contributed by atoms with Gasteiger partial charge in [-0.1, -0.05) is 82.1 Å². The third kappa shape index (κ3) is 15.5. The largest absolute Gasteiger partial charge is 0.303 e. The van der Waals surface area contributed by atoms with Crippen LogP contribution >= 0.6 is 0 Å². The fourth-order valence-corrected chi connectivity index (χ4v) is 4.44. The smallest absolute Gasteiger partial charge is 0.120 e. The summed E-state index contributed by atoms with van der Waals surface area (Å²) in [6.45, 7) is 12.2. The zero-order valence-electron chi connectivity index (χ0n) is 20.6. The highest BCUT2D eigenvalue weighted by atomic mass is 16.1. The summed E-state index contributed by atoms with van der Waals surface area (Å²) in [5.74, 6) is 2.80. The topological polar surface area (TPSA) is 17.1 Å². The molecule has 0 N–H and O–H groups in total. The highest BCUT2D eigenvalue weighted by molar-refractivity contribution is 5.49. The highest BCUT2D eigenvalue weighted by Crippen LogP contribution is 2.40. The van der Waals surface area contributed by atoms with E-state index in [4.69, 9.17) is 0 Å². The molecule has 0 aromatic rings. The van der Waals surface area contributed by atoms with Gasteiger partial charge in [-0.2, -0.15) is 0 Å². The summed E-state index contributed by atoms with van der Waals surface area (Å²) in [6.07, 6.45) is 30.5. The molecule has 0 bridgehead atoms. The van der Waals surface area contributed by atoms with E-state index in [1.165, 1.54) is 64.2 Å². The first-order valence-electron chi connectivity index (χ1n) is 12.6. The predicted octanol–water partition coefficient (Wildman–Crippen LogP) is 9.41. The Labute approximate surface area is 188 Å². The second-order valence-corrected chi connectivity index (χ2v) is 8.93. The maximum absolute atomic E-state index is 10.1. The third-order valence-electron chi connectivity index (χ3n) is 6.04. The standard InChI is InChI=1S/C15H26O.C11H18.C3H6/c1-3-14-11-13(2)12-15(14)9-7-5-4-6-8-10-16;1-2-3-5-8-11-9-6-4-7-10-11;1-3-2/h5,7,10,13-15H,3-4,6,8-9,11-12H2,1-2H3;6,9-10H,2-5,7-8H2,1H3;3H,1H2,2H3/b7-5-;;. The molecule has 0 radical (unpaired) electrons. The molecule has 30 heavy (non-hydrogen) atoms. The molecule has 3 unspecified atom stereocenters. The Hall–Kier alpha value is -1.37. The minimum Gasteiger partial charge on any atom is -0.303 e. The van der Waals surface area contributed by atoms with Gasteiger partial charge in [0.2, 0.25) is 0 Å². The van der Waals surface area contributed by atoms with Crippen molar-refractivity contribution in [1.82, 2.24) is 0 Å². The molecule has 0 aliphatic heterocycles. The first-order chi connectivity index (χ1) is 14.6. The zero-order chi connectivity index (χ0) is 22.5. The lowest BCUT2D eigenvalue weighted by Gasteiger charge is -2.15. The van der Waals surface area contributed by atoms with Crippen LogP contribution in [0.5, 0.6) is 0 Å². The molecule has 3 atom stereocenters. The van der Waals surface area contributed by atoms with Crippen LogP contribution in [-0.2, 0) is 4.79 Å². The van der Waals surface area contributed by atoms with Gasteiger partial charge in [-0.25, -0.2) is 0 Å². The molecular weight excluding hydrogens is 364 g/mol. The van der Waals surface area contributed by atoms with Gasteiger partial charge in [-0.15, -0.1) is 6.58 Å². The number of carbonyl (C=O) groups is 1. The predicted molar refractivity (Wildman–Crippen MR) is 136 cm³/mol. The first kappa shape index (κ1) is 28.6. The Bertz CT molecular complexity index is 496. The van der Waals surface area contributed by atoms with Crippen molar-refractivity contribution in [3.8, 4) is 0 Å². The quantitative estimate of drug-likeness (QED) is 0.187. The summed E-state index contributed by atoms with van der Waals surface area (Å²) in [5, 5.41) is 0. The van der Waals surface area contributed by atoms with Crippen molar-refractivity contribution in [2.45, 2.75) is 111 Å². The Balaban J connectivity index is 0.000000521. The van der Waals surface area contributed by atoms with Gasteiger partial charge >= 0.3 is 0 Å². The van der Waals surface area contributed by atoms with Crippen molar-refractivity contribution < 1.29 is 4.79 Å². The Morgan fingerprint density at radius 3 is 2.37 bits per heavy atom. The summed E-state index contributed by atoms with van der Waals surface area (Å²) in [4.78, 5) is 10.1. The average molecular weight is 415 g/mol. The van der Waals surface area contributed by atoms with Crippen molar-refractivity contribution >= 4 is 6.29 Å². The summed E-state index contributed by atoms with van der Waals surface area (Å²) in [6, 6.07) is 0. The zero-order valence-corrected chi connectivity index (χ0v) is 20.6. The van der Waals surface area contributed by atoms with Crippen LogP contribution in [-0.4, -0.2) is 6.29 Å². The van der Waals surface area contributed by atoms with E-state index in [0.29, 0.717) is 6.42 Å². The SMILES string of the molecule is C=CC.CCC1CC(C)CC1C/C=C\CCCC=O.CCCCCC1=CCCC=C1. The minimum atomic E-state index is 0.711. The molecule has 172 valence electrons. The van der Waals surface area contributed by atoms with E-state index >= 15 is 0 Å². The molecule has 0 aromatic carbocycles. The molecule has 1 saturated carbocycles. The van der Waals surface area contributed by atoms with E-state index in [-0.39, 0.29) is 0 Å². The van der Waals surface area contributed by atoms with Crippen LogP contribution < -0.4 is 0 Å². The van der Waals surface area contributed by atoms with Gasteiger partial charge in [-0.3, -0.25) is 0 Å². The van der Waals surface area contributed by atoms with E-state index in [2.05, 4.69) is 57.7 Å². The van der Waals surface area contributed by atoms with Gasteiger partial charge in [-0.05, 0) is 82.5 Å². The van der Waals surface area contributed by atoms with Crippen LogP contribution in [0.3, 0.4) is 0 Å². The van der Waals surface area contributed by atoms with E-state index in [0.717, 1.165) is 36.9 Å². The van der Waals surface area contributed by atoms with Gasteiger partial charge in [0.1, 0.15) is 6.29 Å². The van der Waals surface area contributed by atoms with E-state index in [1.54, 1.807) is 11.6 Å². The van der Waals surface area contributed by atoms with Crippen LogP contribution in [0.2, 0.25) is 0 Å². The number of hydrogen-bond donors (Lipinski definition) is 0. The molecule has 0 saturated heterocycles. The second kappa shape index (κ2) is 20.9. The minimum absolute atomic E-state index is 0.711. The normalized spacial score (nSPS) is 22.5. The molecule has 0 amide bonds. The summed E-state index contributed by atoms with van der Waals surface area (Å²) < 4.78 is 0. The van der Waals surface area contributed by atoms with Gasteiger partial charge in [0.25, 0.3) is 0 Å². The summed E-state index contributed by atoms with van der Waals surface area (Å²) in [7, 11) is 0. The van der Waals surface area contributed by atoms with E-state index in [1.807, 2.05) is 6.92 Å². The number of carbonyl (C=O) groups excluding carboxylic acids is 1. The molecule has 1 heteroatoms. The lowest BCUT2D eigenvalue weighted by Crippen LogP contribution is -2.05. The summed E-state index contributed by atoms with van der Waals surface area (Å²) >= 11 is 0. The Morgan fingerprint density at radius 2 is 1.77 bits per heavy atom. The van der Waals surface area contributed by atoms with Crippen LogP contribution in [0.1, 0.15) is 111 Å². The second-order valence-electron chi connectivity index (χ2n) is 8.93. The molecular formula is C29H50O. The molecule has 1 fully saturated rings. The highest BCUT2D eigenvalue weighted by Gasteiger charge is 2.29. The van der Waals surface area contributed by atoms with E-state index in [9.17, 15) is 4.79 Å². The van der Waals surface area contributed by atoms with Crippen molar-refractivity contribution in [3.63, 3.8) is 0 Å². The maximum Gasteiger partial charge on any atom is 0.120 e. The number of aldehydes is 1.